The molecule has 0 amide bonds. The molecule has 1 aromatic rings. The third-order valence-corrected chi connectivity index (χ3v) is 9.50. The fraction of sp³-hybridized carbons (Fsp3) is 0.829. The van der Waals surface area contributed by atoms with Crippen LogP contribution >= 0.6 is 0 Å². The number of aryl methyl sites for hydroxylation is 1. The zero-order valence-corrected chi connectivity index (χ0v) is 27.0. The number of unbranched alkanes of at least 4 members (excludes halogenated alkanes) is 20. The molecule has 0 saturated heterocycles. The van der Waals surface area contributed by atoms with Gasteiger partial charge in [0.25, 0.3) is 10.1 Å². The zero-order chi connectivity index (χ0) is 28.4. The van der Waals surface area contributed by atoms with E-state index in [1.54, 1.807) is 12.1 Å². The lowest BCUT2D eigenvalue weighted by Crippen LogP contribution is -2.15. The van der Waals surface area contributed by atoms with E-state index in [-0.39, 0.29) is 4.90 Å². The maximum Gasteiger partial charge on any atom is 0.296 e. The Hall–Kier alpha value is -0.870. The predicted molar refractivity (Wildman–Crippen MR) is 170 cm³/mol. The molecule has 39 heavy (non-hydrogen) atoms. The Kier molecular flexibility index (Phi) is 23.1. The third-order valence-electron chi connectivity index (χ3n) is 8.20. The second-order valence-corrected chi connectivity index (χ2v) is 13.7. The lowest BCUT2D eigenvalue weighted by molar-refractivity contribution is 0.229. The molecule has 0 saturated carbocycles. The molecule has 1 rings (SSSR count). The van der Waals surface area contributed by atoms with Crippen LogP contribution in [0.1, 0.15) is 174 Å². The molecule has 0 fully saturated rings. The van der Waals surface area contributed by atoms with E-state index in [2.05, 4.69) is 13.8 Å². The van der Waals surface area contributed by atoms with Crippen LogP contribution in [0, 0.1) is 12.8 Å². The van der Waals surface area contributed by atoms with E-state index in [1.165, 1.54) is 141 Å². The first-order valence-corrected chi connectivity index (χ1v) is 18.4. The molecular formula is C35H64O3S. The van der Waals surface area contributed by atoms with Crippen LogP contribution in [-0.4, -0.2) is 15.0 Å². The summed E-state index contributed by atoms with van der Waals surface area (Å²) in [7, 11) is -3.68. The topological polar surface area (TPSA) is 43.4 Å². The summed E-state index contributed by atoms with van der Waals surface area (Å²) in [6.45, 7) is 6.84. The molecule has 0 bridgehead atoms. The molecule has 3 nitrogen and oxygen atoms in total. The van der Waals surface area contributed by atoms with Gasteiger partial charge < -0.3 is 0 Å². The predicted octanol–water partition coefficient (Wildman–Crippen LogP) is 11.7. The van der Waals surface area contributed by atoms with Crippen LogP contribution in [0.2, 0.25) is 0 Å². The summed E-state index contributed by atoms with van der Waals surface area (Å²) in [5.41, 5.74) is 1.06. The van der Waals surface area contributed by atoms with Crippen molar-refractivity contribution in [2.75, 3.05) is 6.61 Å². The molecule has 0 aliphatic rings. The Bertz CT molecular complexity index is 757. The summed E-state index contributed by atoms with van der Waals surface area (Å²) in [6, 6.07) is 6.99. The quantitative estimate of drug-likeness (QED) is 0.0750. The molecule has 1 unspecified atom stereocenters. The number of hydrogen-bond donors (Lipinski definition) is 0. The fourth-order valence-corrected chi connectivity index (χ4v) is 6.44. The van der Waals surface area contributed by atoms with Crippen LogP contribution in [0.25, 0.3) is 0 Å². The van der Waals surface area contributed by atoms with Gasteiger partial charge in [-0.2, -0.15) is 8.42 Å². The molecule has 0 N–H and O–H groups in total. The zero-order valence-electron chi connectivity index (χ0n) is 26.2. The number of benzene rings is 1. The van der Waals surface area contributed by atoms with Crippen LogP contribution in [0.15, 0.2) is 29.2 Å². The minimum atomic E-state index is -3.68. The minimum Gasteiger partial charge on any atom is -0.266 e. The van der Waals surface area contributed by atoms with E-state index in [0.717, 1.165) is 18.4 Å². The van der Waals surface area contributed by atoms with Gasteiger partial charge in [-0.05, 0) is 37.8 Å². The lowest BCUT2D eigenvalue weighted by atomic mass is 9.94. The Balaban J connectivity index is 2.30. The maximum absolute atomic E-state index is 12.7. The second-order valence-electron chi connectivity index (χ2n) is 12.1. The summed E-state index contributed by atoms with van der Waals surface area (Å²) in [5.74, 6) is 0.336. The summed E-state index contributed by atoms with van der Waals surface area (Å²) in [5, 5.41) is 0. The summed E-state index contributed by atoms with van der Waals surface area (Å²) in [4.78, 5) is 0.274. The first-order chi connectivity index (χ1) is 19.0. The molecule has 0 spiro atoms. The van der Waals surface area contributed by atoms with Crippen molar-refractivity contribution in [3.05, 3.63) is 29.8 Å². The van der Waals surface area contributed by atoms with Crippen molar-refractivity contribution in [2.45, 2.75) is 180 Å². The van der Waals surface area contributed by atoms with Crippen LogP contribution < -0.4 is 0 Å². The first kappa shape index (κ1) is 36.2. The largest absolute Gasteiger partial charge is 0.296 e. The molecule has 0 aliphatic heterocycles. The van der Waals surface area contributed by atoms with Crippen molar-refractivity contribution in [1.82, 2.24) is 0 Å². The highest BCUT2D eigenvalue weighted by Gasteiger charge is 2.18. The monoisotopic (exact) mass is 564 g/mol. The van der Waals surface area contributed by atoms with E-state index >= 15 is 0 Å². The molecule has 4 heteroatoms. The van der Waals surface area contributed by atoms with Gasteiger partial charge in [-0.3, -0.25) is 4.18 Å². The van der Waals surface area contributed by atoms with E-state index in [1.807, 2.05) is 19.1 Å². The lowest BCUT2D eigenvalue weighted by Gasteiger charge is -2.17. The summed E-state index contributed by atoms with van der Waals surface area (Å²) >= 11 is 0. The van der Waals surface area contributed by atoms with Crippen molar-refractivity contribution < 1.29 is 12.6 Å². The molecule has 228 valence electrons. The van der Waals surface area contributed by atoms with Crippen molar-refractivity contribution in [3.63, 3.8) is 0 Å². The fourth-order valence-electron chi connectivity index (χ4n) is 5.46. The number of hydrogen-bond acceptors (Lipinski definition) is 3. The molecule has 1 atom stereocenters. The van der Waals surface area contributed by atoms with Gasteiger partial charge in [0, 0.05) is 0 Å². The van der Waals surface area contributed by atoms with Crippen LogP contribution in [-0.2, 0) is 14.3 Å². The standard InChI is InChI=1S/C35H64O3S/c1-4-6-8-10-12-14-16-17-19-21-23-25-27-34(26-24-22-20-18-15-13-11-9-7-5-2)32-38-39(36,37)35-30-28-33(3)29-31-35/h28-31,34H,4-27,32H2,1-3H3. The first-order valence-electron chi connectivity index (χ1n) is 17.0. The molecule has 0 aliphatic carbocycles. The summed E-state index contributed by atoms with van der Waals surface area (Å²) < 4.78 is 31.1. The normalized spacial score (nSPS) is 12.7. The third kappa shape index (κ3) is 20.6. The van der Waals surface area contributed by atoms with Gasteiger partial charge in [0.15, 0.2) is 0 Å². The number of rotatable bonds is 28. The van der Waals surface area contributed by atoms with Gasteiger partial charge in [0.05, 0.1) is 11.5 Å². The van der Waals surface area contributed by atoms with Crippen LogP contribution in [0.3, 0.4) is 0 Å². The molecule has 0 radical (unpaired) electrons. The van der Waals surface area contributed by atoms with Gasteiger partial charge in [-0.1, -0.05) is 173 Å². The highest BCUT2D eigenvalue weighted by molar-refractivity contribution is 7.86. The maximum atomic E-state index is 12.7. The average Bonchev–Trinajstić information content (AvgIpc) is 2.93. The van der Waals surface area contributed by atoms with Crippen molar-refractivity contribution in [3.8, 4) is 0 Å². The van der Waals surface area contributed by atoms with Gasteiger partial charge in [-0.15, -0.1) is 0 Å². The Morgan fingerprint density at radius 1 is 0.538 bits per heavy atom. The van der Waals surface area contributed by atoms with Crippen molar-refractivity contribution >= 4 is 10.1 Å². The Morgan fingerprint density at radius 2 is 0.872 bits per heavy atom. The Labute approximate surface area is 244 Å². The van der Waals surface area contributed by atoms with Gasteiger partial charge >= 0.3 is 0 Å². The van der Waals surface area contributed by atoms with Crippen LogP contribution in [0.5, 0.6) is 0 Å². The highest BCUT2D eigenvalue weighted by atomic mass is 32.2. The van der Waals surface area contributed by atoms with Crippen LogP contribution in [0.4, 0.5) is 0 Å². The Morgan fingerprint density at radius 3 is 1.23 bits per heavy atom. The smallest absolute Gasteiger partial charge is 0.266 e. The van der Waals surface area contributed by atoms with E-state index in [0.29, 0.717) is 12.5 Å². The molecule has 1 aromatic carbocycles. The molecule has 0 heterocycles. The minimum absolute atomic E-state index is 0.274. The van der Waals surface area contributed by atoms with E-state index in [4.69, 9.17) is 4.18 Å². The van der Waals surface area contributed by atoms with E-state index in [9.17, 15) is 8.42 Å². The van der Waals surface area contributed by atoms with Gasteiger partial charge in [0.2, 0.25) is 0 Å². The summed E-state index contributed by atoms with van der Waals surface area (Å²) in [6.07, 6.45) is 31.7. The average molecular weight is 565 g/mol. The second kappa shape index (κ2) is 24.9. The molecule has 0 aromatic heterocycles. The van der Waals surface area contributed by atoms with Gasteiger partial charge in [0.1, 0.15) is 0 Å². The SMILES string of the molecule is CCCCCCCCCCCCCCC(CCCCCCCCCCCC)COS(=O)(=O)c1ccc(C)cc1. The van der Waals surface area contributed by atoms with Gasteiger partial charge in [-0.25, -0.2) is 0 Å². The van der Waals surface area contributed by atoms with Crippen molar-refractivity contribution in [2.24, 2.45) is 5.92 Å². The van der Waals surface area contributed by atoms with Crippen molar-refractivity contribution in [1.29, 1.82) is 0 Å². The molecular weight excluding hydrogens is 500 g/mol. The highest BCUT2D eigenvalue weighted by Crippen LogP contribution is 2.23. The van der Waals surface area contributed by atoms with E-state index < -0.39 is 10.1 Å².